The molecule has 114 valence electrons. The first-order valence-corrected chi connectivity index (χ1v) is 7.37. The van der Waals surface area contributed by atoms with E-state index in [2.05, 4.69) is 20.8 Å². The zero-order valence-corrected chi connectivity index (χ0v) is 12.9. The first-order valence-electron chi connectivity index (χ1n) is 6.55. The number of hydrogen-bond acceptors (Lipinski definition) is 6. The van der Waals surface area contributed by atoms with Crippen LogP contribution in [0, 0.1) is 6.92 Å². The van der Waals surface area contributed by atoms with E-state index in [4.69, 9.17) is 9.26 Å². The van der Waals surface area contributed by atoms with Crippen LogP contribution in [-0.4, -0.2) is 23.3 Å². The van der Waals surface area contributed by atoms with E-state index in [0.717, 1.165) is 21.7 Å². The lowest BCUT2D eigenvalue weighted by Crippen LogP contribution is -2.27. The van der Waals surface area contributed by atoms with Crippen molar-refractivity contribution in [1.29, 1.82) is 0 Å². The molecule has 22 heavy (non-hydrogen) atoms. The molecule has 0 aliphatic carbocycles. The molecule has 0 atom stereocenters. The van der Waals surface area contributed by atoms with Crippen molar-refractivity contribution in [3.63, 3.8) is 0 Å². The summed E-state index contributed by atoms with van der Waals surface area (Å²) in [5, 5.41) is 9.66. The standard InChI is InChI=1S/C14H14N4O3S/c1-8-5-10(21-18-8)7-15-13(19)17-14-16-11-4-3-9(20-2)6-12(11)22-14/h3-6H,7H2,1-2H3,(H2,15,16,17,19). The van der Waals surface area contributed by atoms with Gasteiger partial charge in [-0.3, -0.25) is 5.32 Å². The van der Waals surface area contributed by atoms with Crippen molar-refractivity contribution in [3.8, 4) is 5.75 Å². The lowest BCUT2D eigenvalue weighted by Gasteiger charge is -2.02. The minimum Gasteiger partial charge on any atom is -0.497 e. The van der Waals surface area contributed by atoms with Crippen LogP contribution in [0.4, 0.5) is 9.93 Å². The zero-order chi connectivity index (χ0) is 15.5. The van der Waals surface area contributed by atoms with Gasteiger partial charge in [0.05, 0.1) is 29.6 Å². The highest BCUT2D eigenvalue weighted by molar-refractivity contribution is 7.22. The third-order valence-corrected chi connectivity index (χ3v) is 3.85. The molecular weight excluding hydrogens is 304 g/mol. The van der Waals surface area contributed by atoms with Gasteiger partial charge in [-0.2, -0.15) is 0 Å². The maximum atomic E-state index is 11.9. The molecule has 2 heterocycles. The quantitative estimate of drug-likeness (QED) is 0.772. The average molecular weight is 318 g/mol. The van der Waals surface area contributed by atoms with Gasteiger partial charge >= 0.3 is 6.03 Å². The molecule has 7 nitrogen and oxygen atoms in total. The Kier molecular flexibility index (Phi) is 3.92. The number of aryl methyl sites for hydroxylation is 1. The molecule has 0 aliphatic rings. The van der Waals surface area contributed by atoms with E-state index < -0.39 is 0 Å². The van der Waals surface area contributed by atoms with Crippen LogP contribution in [0.2, 0.25) is 0 Å². The smallest absolute Gasteiger partial charge is 0.321 e. The number of anilines is 1. The van der Waals surface area contributed by atoms with Crippen LogP contribution in [0.5, 0.6) is 5.75 Å². The van der Waals surface area contributed by atoms with Gasteiger partial charge in [-0.05, 0) is 25.1 Å². The summed E-state index contributed by atoms with van der Waals surface area (Å²) in [5.41, 5.74) is 1.59. The van der Waals surface area contributed by atoms with Crippen molar-refractivity contribution >= 4 is 32.7 Å². The number of thiazole rings is 1. The summed E-state index contributed by atoms with van der Waals surface area (Å²) in [4.78, 5) is 16.2. The average Bonchev–Trinajstić information content (AvgIpc) is 3.09. The number of hydrogen-bond donors (Lipinski definition) is 2. The zero-order valence-electron chi connectivity index (χ0n) is 12.0. The number of fused-ring (bicyclic) bond motifs is 1. The number of benzene rings is 1. The predicted octanol–water partition coefficient (Wildman–Crippen LogP) is 2.92. The van der Waals surface area contributed by atoms with Gasteiger partial charge in [0.25, 0.3) is 0 Å². The maximum absolute atomic E-state index is 11.9. The Balaban J connectivity index is 1.63. The topological polar surface area (TPSA) is 89.3 Å². The van der Waals surface area contributed by atoms with E-state index in [1.165, 1.54) is 11.3 Å². The van der Waals surface area contributed by atoms with E-state index in [0.29, 0.717) is 10.9 Å². The molecule has 2 N–H and O–H groups in total. The minimum atomic E-state index is -0.347. The molecule has 2 amide bonds. The van der Waals surface area contributed by atoms with Gasteiger partial charge < -0.3 is 14.6 Å². The van der Waals surface area contributed by atoms with Crippen LogP contribution in [-0.2, 0) is 6.54 Å². The lowest BCUT2D eigenvalue weighted by atomic mass is 10.3. The highest BCUT2D eigenvalue weighted by Crippen LogP contribution is 2.28. The number of carbonyl (C=O) groups excluding carboxylic acids is 1. The number of nitrogens with one attached hydrogen (secondary N) is 2. The van der Waals surface area contributed by atoms with Crippen LogP contribution < -0.4 is 15.4 Å². The molecule has 0 bridgehead atoms. The van der Waals surface area contributed by atoms with Gasteiger partial charge in [0.2, 0.25) is 0 Å². The SMILES string of the molecule is COc1ccc2nc(NC(=O)NCc3cc(C)no3)sc2c1. The molecule has 0 spiro atoms. The van der Waals surface area contributed by atoms with E-state index >= 15 is 0 Å². The van der Waals surface area contributed by atoms with Crippen LogP contribution in [0.25, 0.3) is 10.2 Å². The molecule has 2 aromatic heterocycles. The van der Waals surface area contributed by atoms with Crippen LogP contribution in [0.1, 0.15) is 11.5 Å². The van der Waals surface area contributed by atoms with Gasteiger partial charge in [-0.25, -0.2) is 9.78 Å². The predicted molar refractivity (Wildman–Crippen MR) is 83.3 cm³/mol. The molecule has 0 fully saturated rings. The Morgan fingerprint density at radius 2 is 2.27 bits per heavy atom. The second kappa shape index (κ2) is 6.02. The van der Waals surface area contributed by atoms with Crippen molar-refractivity contribution in [2.45, 2.75) is 13.5 Å². The van der Waals surface area contributed by atoms with Gasteiger partial charge in [-0.15, -0.1) is 0 Å². The highest BCUT2D eigenvalue weighted by atomic mass is 32.1. The molecule has 0 radical (unpaired) electrons. The van der Waals surface area contributed by atoms with E-state index in [1.807, 2.05) is 25.1 Å². The van der Waals surface area contributed by atoms with Crippen LogP contribution >= 0.6 is 11.3 Å². The summed E-state index contributed by atoms with van der Waals surface area (Å²) in [6, 6.07) is 6.99. The van der Waals surface area contributed by atoms with Gasteiger partial charge in [0, 0.05) is 6.07 Å². The number of urea groups is 1. The number of aromatic nitrogens is 2. The molecule has 8 heteroatoms. The van der Waals surface area contributed by atoms with Gasteiger partial charge in [-0.1, -0.05) is 16.5 Å². The fourth-order valence-corrected chi connectivity index (χ4v) is 2.78. The monoisotopic (exact) mass is 318 g/mol. The summed E-state index contributed by atoms with van der Waals surface area (Å²) in [6.07, 6.45) is 0. The Hall–Kier alpha value is -2.61. The molecule has 3 aromatic rings. The van der Waals surface area contributed by atoms with Crippen molar-refractivity contribution in [1.82, 2.24) is 15.5 Å². The summed E-state index contributed by atoms with van der Waals surface area (Å²) in [5.74, 6) is 1.36. The second-order valence-electron chi connectivity index (χ2n) is 4.59. The first kappa shape index (κ1) is 14.3. The normalized spacial score (nSPS) is 10.6. The number of carbonyl (C=O) groups is 1. The summed E-state index contributed by atoms with van der Waals surface area (Å²) in [7, 11) is 1.61. The molecular formula is C14H14N4O3S. The van der Waals surface area contributed by atoms with Gasteiger partial charge in [0.15, 0.2) is 10.9 Å². The van der Waals surface area contributed by atoms with Crippen molar-refractivity contribution in [2.24, 2.45) is 0 Å². The molecule has 0 unspecified atom stereocenters. The molecule has 1 aromatic carbocycles. The van der Waals surface area contributed by atoms with Crippen molar-refractivity contribution < 1.29 is 14.1 Å². The van der Waals surface area contributed by atoms with E-state index in [1.54, 1.807) is 13.2 Å². The van der Waals surface area contributed by atoms with Gasteiger partial charge in [0.1, 0.15) is 5.75 Å². The van der Waals surface area contributed by atoms with E-state index in [-0.39, 0.29) is 12.6 Å². The molecule has 0 aliphatic heterocycles. The van der Waals surface area contributed by atoms with Crippen LogP contribution in [0.3, 0.4) is 0 Å². The Morgan fingerprint density at radius 3 is 3.00 bits per heavy atom. The number of ether oxygens (including phenoxy) is 1. The first-order chi connectivity index (χ1) is 10.6. The Morgan fingerprint density at radius 1 is 1.41 bits per heavy atom. The van der Waals surface area contributed by atoms with Crippen molar-refractivity contribution in [2.75, 3.05) is 12.4 Å². The number of nitrogens with zero attached hydrogens (tertiary/aromatic N) is 2. The summed E-state index contributed by atoms with van der Waals surface area (Å²) >= 11 is 1.38. The Bertz CT molecular complexity index is 811. The third kappa shape index (κ3) is 3.17. The number of amides is 2. The minimum absolute atomic E-state index is 0.269. The maximum Gasteiger partial charge on any atom is 0.321 e. The largest absolute Gasteiger partial charge is 0.497 e. The Labute approximate surface area is 130 Å². The molecule has 0 saturated heterocycles. The third-order valence-electron chi connectivity index (χ3n) is 2.92. The molecule has 3 rings (SSSR count). The highest BCUT2D eigenvalue weighted by Gasteiger charge is 2.09. The summed E-state index contributed by atoms with van der Waals surface area (Å²) in [6.45, 7) is 2.09. The fraction of sp³-hybridized carbons (Fsp3) is 0.214. The fourth-order valence-electron chi connectivity index (χ4n) is 1.89. The summed E-state index contributed by atoms with van der Waals surface area (Å²) < 4.78 is 11.1. The lowest BCUT2D eigenvalue weighted by molar-refractivity contribution is 0.250. The molecule has 0 saturated carbocycles. The van der Waals surface area contributed by atoms with E-state index in [9.17, 15) is 4.79 Å². The van der Waals surface area contributed by atoms with Crippen molar-refractivity contribution in [3.05, 3.63) is 35.7 Å². The van der Waals surface area contributed by atoms with Crippen LogP contribution in [0.15, 0.2) is 28.8 Å². The second-order valence-corrected chi connectivity index (χ2v) is 5.63. The number of methoxy groups -OCH3 is 1. The number of rotatable bonds is 4.